The molecule has 1 atom stereocenters. The lowest BCUT2D eigenvalue weighted by molar-refractivity contribution is 0.370. The highest BCUT2D eigenvalue weighted by Gasteiger charge is 2.03. The van der Waals surface area contributed by atoms with Gasteiger partial charge >= 0.3 is 0 Å². The second-order valence-electron chi connectivity index (χ2n) is 4.64. The van der Waals surface area contributed by atoms with E-state index in [1.807, 2.05) is 0 Å². The predicted molar refractivity (Wildman–Crippen MR) is 68.8 cm³/mol. The SMILES string of the molecule is CCCCCCCC(C)NCCc1ncno1. The standard InChI is InChI=1S/C13H25N3O/c1-3-4-5-6-7-8-12(2)14-10-9-13-15-11-16-17-13/h11-12,14H,3-10H2,1-2H3. The molecule has 0 spiro atoms. The van der Waals surface area contributed by atoms with Crippen LogP contribution in [0.2, 0.25) is 0 Å². The van der Waals surface area contributed by atoms with E-state index in [1.165, 1.54) is 44.9 Å². The molecule has 1 heterocycles. The van der Waals surface area contributed by atoms with Crippen LogP contribution in [-0.4, -0.2) is 22.7 Å². The molecule has 0 aliphatic heterocycles. The lowest BCUT2D eigenvalue weighted by Crippen LogP contribution is -2.28. The molecule has 0 saturated carbocycles. The normalized spacial score (nSPS) is 12.8. The second-order valence-corrected chi connectivity index (χ2v) is 4.64. The van der Waals surface area contributed by atoms with Crippen molar-refractivity contribution >= 4 is 0 Å². The molecule has 0 radical (unpaired) electrons. The van der Waals surface area contributed by atoms with Crippen molar-refractivity contribution in [2.75, 3.05) is 6.54 Å². The Morgan fingerprint density at radius 2 is 2.12 bits per heavy atom. The maximum Gasteiger partial charge on any atom is 0.227 e. The van der Waals surface area contributed by atoms with Crippen LogP contribution < -0.4 is 5.32 Å². The first-order valence-corrected chi connectivity index (χ1v) is 6.82. The van der Waals surface area contributed by atoms with Gasteiger partial charge in [0.1, 0.15) is 0 Å². The Morgan fingerprint density at radius 1 is 1.29 bits per heavy atom. The van der Waals surface area contributed by atoms with Crippen LogP contribution in [0.3, 0.4) is 0 Å². The van der Waals surface area contributed by atoms with Gasteiger partial charge in [0.05, 0.1) is 0 Å². The van der Waals surface area contributed by atoms with Crippen LogP contribution in [-0.2, 0) is 6.42 Å². The first kappa shape index (κ1) is 14.2. The van der Waals surface area contributed by atoms with E-state index in [2.05, 4.69) is 29.3 Å². The van der Waals surface area contributed by atoms with Crippen LogP contribution >= 0.6 is 0 Å². The zero-order valence-electron chi connectivity index (χ0n) is 11.1. The summed E-state index contributed by atoms with van der Waals surface area (Å²) in [4.78, 5) is 3.99. The molecule has 0 aliphatic rings. The molecule has 0 fully saturated rings. The predicted octanol–water partition coefficient (Wildman–Crippen LogP) is 2.95. The number of hydrogen-bond donors (Lipinski definition) is 1. The summed E-state index contributed by atoms with van der Waals surface area (Å²) >= 11 is 0. The molecule has 0 aromatic carbocycles. The number of aromatic nitrogens is 2. The fraction of sp³-hybridized carbons (Fsp3) is 0.846. The van der Waals surface area contributed by atoms with Gasteiger partial charge in [-0.1, -0.05) is 44.2 Å². The van der Waals surface area contributed by atoms with Gasteiger partial charge in [-0.15, -0.1) is 0 Å². The second kappa shape index (κ2) is 9.16. The molecule has 0 amide bonds. The van der Waals surface area contributed by atoms with E-state index in [4.69, 9.17) is 4.52 Å². The van der Waals surface area contributed by atoms with E-state index < -0.39 is 0 Å². The molecule has 4 heteroatoms. The van der Waals surface area contributed by atoms with E-state index in [9.17, 15) is 0 Å². The van der Waals surface area contributed by atoms with E-state index in [1.54, 1.807) is 0 Å². The van der Waals surface area contributed by atoms with Crippen molar-refractivity contribution < 1.29 is 4.52 Å². The van der Waals surface area contributed by atoms with Gasteiger partial charge in [0.2, 0.25) is 5.89 Å². The average Bonchev–Trinajstić information content (AvgIpc) is 2.82. The highest BCUT2D eigenvalue weighted by Crippen LogP contribution is 2.07. The van der Waals surface area contributed by atoms with Crippen molar-refractivity contribution in [1.82, 2.24) is 15.5 Å². The fourth-order valence-corrected chi connectivity index (χ4v) is 1.89. The van der Waals surface area contributed by atoms with Crippen LogP contribution in [0.1, 0.15) is 58.3 Å². The molecule has 0 saturated heterocycles. The maximum absolute atomic E-state index is 4.94. The van der Waals surface area contributed by atoms with Gasteiger partial charge in [-0.05, 0) is 13.3 Å². The average molecular weight is 239 g/mol. The summed E-state index contributed by atoms with van der Waals surface area (Å²) in [5.74, 6) is 0.715. The first-order valence-electron chi connectivity index (χ1n) is 6.82. The zero-order chi connectivity index (χ0) is 12.3. The summed E-state index contributed by atoms with van der Waals surface area (Å²) in [5, 5.41) is 7.07. The molecule has 0 bridgehead atoms. The van der Waals surface area contributed by atoms with Crippen molar-refractivity contribution in [1.29, 1.82) is 0 Å². The molecule has 1 aromatic rings. The molecule has 1 unspecified atom stereocenters. The molecule has 1 aromatic heterocycles. The van der Waals surface area contributed by atoms with Crippen molar-refractivity contribution in [3.8, 4) is 0 Å². The quantitative estimate of drug-likeness (QED) is 0.638. The molecule has 0 aliphatic carbocycles. The summed E-state index contributed by atoms with van der Waals surface area (Å²) in [6.45, 7) is 5.41. The highest BCUT2D eigenvalue weighted by molar-refractivity contribution is 4.76. The smallest absolute Gasteiger partial charge is 0.227 e. The minimum atomic E-state index is 0.583. The van der Waals surface area contributed by atoms with Crippen LogP contribution in [0, 0.1) is 0 Å². The molecule has 98 valence electrons. The fourth-order valence-electron chi connectivity index (χ4n) is 1.89. The van der Waals surface area contributed by atoms with E-state index in [0.717, 1.165) is 13.0 Å². The van der Waals surface area contributed by atoms with Crippen molar-refractivity contribution in [3.05, 3.63) is 12.2 Å². The Bertz CT molecular complexity index is 262. The van der Waals surface area contributed by atoms with Crippen molar-refractivity contribution in [2.45, 2.75) is 64.8 Å². The summed E-state index contributed by atoms with van der Waals surface area (Å²) in [6.07, 6.45) is 10.3. The molecule has 1 rings (SSSR count). The van der Waals surface area contributed by atoms with E-state index in [-0.39, 0.29) is 0 Å². The lowest BCUT2D eigenvalue weighted by atomic mass is 10.1. The number of rotatable bonds is 10. The molecule has 1 N–H and O–H groups in total. The van der Waals surface area contributed by atoms with Gasteiger partial charge in [0, 0.05) is 19.0 Å². The first-order chi connectivity index (χ1) is 8.33. The third kappa shape index (κ3) is 7.10. The minimum absolute atomic E-state index is 0.583. The Kier molecular flexibility index (Phi) is 7.63. The number of unbranched alkanes of at least 4 members (excludes halogenated alkanes) is 4. The Labute approximate surface area is 104 Å². The van der Waals surface area contributed by atoms with Crippen LogP contribution in [0.4, 0.5) is 0 Å². The van der Waals surface area contributed by atoms with Gasteiger partial charge in [-0.3, -0.25) is 0 Å². The molecule has 17 heavy (non-hydrogen) atoms. The lowest BCUT2D eigenvalue weighted by Gasteiger charge is -2.12. The van der Waals surface area contributed by atoms with Gasteiger partial charge in [0.15, 0.2) is 6.33 Å². The largest absolute Gasteiger partial charge is 0.340 e. The zero-order valence-corrected chi connectivity index (χ0v) is 11.1. The summed E-state index contributed by atoms with van der Waals surface area (Å²) in [6, 6.07) is 0.583. The summed E-state index contributed by atoms with van der Waals surface area (Å²) in [7, 11) is 0. The van der Waals surface area contributed by atoms with Gasteiger partial charge in [-0.2, -0.15) is 4.98 Å². The number of nitrogens with one attached hydrogen (secondary N) is 1. The summed E-state index contributed by atoms with van der Waals surface area (Å²) < 4.78 is 4.94. The monoisotopic (exact) mass is 239 g/mol. The van der Waals surface area contributed by atoms with Crippen LogP contribution in [0.15, 0.2) is 10.9 Å². The number of nitrogens with zero attached hydrogens (tertiary/aromatic N) is 2. The highest BCUT2D eigenvalue weighted by atomic mass is 16.5. The third-order valence-electron chi connectivity index (χ3n) is 2.98. The topological polar surface area (TPSA) is 51.0 Å². The number of hydrogen-bond acceptors (Lipinski definition) is 4. The third-order valence-corrected chi connectivity index (χ3v) is 2.98. The Balaban J connectivity index is 1.92. The van der Waals surface area contributed by atoms with E-state index >= 15 is 0 Å². The van der Waals surface area contributed by atoms with Crippen molar-refractivity contribution in [2.24, 2.45) is 0 Å². The molecular weight excluding hydrogens is 214 g/mol. The minimum Gasteiger partial charge on any atom is -0.340 e. The van der Waals surface area contributed by atoms with Gasteiger partial charge < -0.3 is 9.84 Å². The molecule has 4 nitrogen and oxygen atoms in total. The summed E-state index contributed by atoms with van der Waals surface area (Å²) in [5.41, 5.74) is 0. The van der Waals surface area contributed by atoms with E-state index in [0.29, 0.717) is 11.9 Å². The van der Waals surface area contributed by atoms with Crippen molar-refractivity contribution in [3.63, 3.8) is 0 Å². The van der Waals surface area contributed by atoms with Gasteiger partial charge in [-0.25, -0.2) is 0 Å². The van der Waals surface area contributed by atoms with Gasteiger partial charge in [0.25, 0.3) is 0 Å². The Hall–Kier alpha value is -0.900. The van der Waals surface area contributed by atoms with Crippen LogP contribution in [0.5, 0.6) is 0 Å². The molecular formula is C13H25N3O. The maximum atomic E-state index is 4.94. The van der Waals surface area contributed by atoms with Crippen LogP contribution in [0.25, 0.3) is 0 Å². The Morgan fingerprint density at radius 3 is 2.82 bits per heavy atom.